The number of halogens is 1. The molecule has 0 radical (unpaired) electrons. The molecule has 2 rings (SSSR count). The number of hydrogen-bond acceptors (Lipinski definition) is 2. The van der Waals surface area contributed by atoms with Crippen molar-refractivity contribution >= 4 is 21.9 Å². The van der Waals surface area contributed by atoms with Crippen LogP contribution in [0.25, 0.3) is 11.1 Å². The van der Waals surface area contributed by atoms with Crippen molar-refractivity contribution < 1.29 is 9.90 Å². The van der Waals surface area contributed by atoms with Gasteiger partial charge in [-0.25, -0.2) is 0 Å². The largest absolute Gasteiger partial charge is 0.481 e. The number of H-pyrrole nitrogens is 1. The zero-order chi connectivity index (χ0) is 13.1. The van der Waals surface area contributed by atoms with Crippen molar-refractivity contribution in [2.24, 2.45) is 5.92 Å². The Morgan fingerprint density at radius 2 is 2.17 bits per heavy atom. The lowest BCUT2D eigenvalue weighted by Crippen LogP contribution is -2.13. The summed E-state index contributed by atoms with van der Waals surface area (Å²) in [5.74, 6) is -1.24. The maximum absolute atomic E-state index is 10.9. The topological polar surface area (TPSA) is 66.0 Å². The fourth-order valence-electron chi connectivity index (χ4n) is 1.77. The van der Waals surface area contributed by atoms with Crippen LogP contribution in [0.2, 0.25) is 0 Å². The molecule has 0 aliphatic rings. The van der Waals surface area contributed by atoms with Gasteiger partial charge < -0.3 is 5.11 Å². The molecule has 0 saturated carbocycles. The molecule has 1 atom stereocenters. The van der Waals surface area contributed by atoms with E-state index in [0.717, 1.165) is 21.3 Å². The third-order valence-corrected chi connectivity index (χ3v) is 3.51. The number of carboxylic acids is 1. The number of aromatic amines is 1. The summed E-state index contributed by atoms with van der Waals surface area (Å²) >= 11 is 3.49. The van der Waals surface area contributed by atoms with Crippen LogP contribution in [-0.4, -0.2) is 21.3 Å². The van der Waals surface area contributed by atoms with Crippen molar-refractivity contribution in [3.05, 3.63) is 40.6 Å². The summed E-state index contributed by atoms with van der Waals surface area (Å²) in [5, 5.41) is 15.8. The highest BCUT2D eigenvalue weighted by Crippen LogP contribution is 2.30. The van der Waals surface area contributed by atoms with E-state index in [2.05, 4.69) is 26.1 Å². The van der Waals surface area contributed by atoms with Gasteiger partial charge in [0, 0.05) is 22.2 Å². The van der Waals surface area contributed by atoms with E-state index in [1.807, 2.05) is 24.3 Å². The lowest BCUT2D eigenvalue weighted by Gasteiger charge is -2.08. The maximum atomic E-state index is 10.9. The smallest absolute Gasteiger partial charge is 0.306 e. The van der Waals surface area contributed by atoms with Gasteiger partial charge in [0.2, 0.25) is 0 Å². The minimum atomic E-state index is -0.803. The van der Waals surface area contributed by atoms with E-state index in [-0.39, 0.29) is 0 Å². The van der Waals surface area contributed by atoms with Gasteiger partial charge in [-0.05, 0) is 11.6 Å². The Kier molecular flexibility index (Phi) is 3.81. The Labute approximate surface area is 113 Å². The number of hydrogen-bond donors (Lipinski definition) is 2. The molecule has 0 spiro atoms. The number of nitrogens with one attached hydrogen (secondary N) is 1. The zero-order valence-electron chi connectivity index (χ0n) is 9.85. The first-order chi connectivity index (χ1) is 8.59. The molecule has 18 heavy (non-hydrogen) atoms. The van der Waals surface area contributed by atoms with Crippen molar-refractivity contribution in [1.82, 2.24) is 10.2 Å². The molecule has 1 unspecified atom stereocenters. The first-order valence-electron chi connectivity index (χ1n) is 5.59. The highest BCUT2D eigenvalue weighted by atomic mass is 79.9. The Hall–Kier alpha value is -1.62. The van der Waals surface area contributed by atoms with Crippen molar-refractivity contribution in [1.29, 1.82) is 0 Å². The summed E-state index contributed by atoms with van der Waals surface area (Å²) in [6.07, 6.45) is 2.16. The molecule has 0 amide bonds. The summed E-state index contributed by atoms with van der Waals surface area (Å²) < 4.78 is 0.968. The van der Waals surface area contributed by atoms with Gasteiger partial charge >= 0.3 is 5.97 Å². The Morgan fingerprint density at radius 1 is 1.44 bits per heavy atom. The lowest BCUT2D eigenvalue weighted by atomic mass is 9.99. The average molecular weight is 309 g/mol. The summed E-state index contributed by atoms with van der Waals surface area (Å²) in [5.41, 5.74) is 2.80. The third kappa shape index (κ3) is 2.61. The molecule has 1 aromatic carbocycles. The van der Waals surface area contributed by atoms with E-state index in [1.54, 1.807) is 13.1 Å². The van der Waals surface area contributed by atoms with Gasteiger partial charge in [-0.1, -0.05) is 41.1 Å². The van der Waals surface area contributed by atoms with Crippen LogP contribution in [0, 0.1) is 5.92 Å². The zero-order valence-corrected chi connectivity index (χ0v) is 11.4. The highest BCUT2D eigenvalue weighted by molar-refractivity contribution is 9.10. The Morgan fingerprint density at radius 3 is 2.83 bits per heavy atom. The van der Waals surface area contributed by atoms with Crippen LogP contribution in [-0.2, 0) is 11.2 Å². The molecule has 94 valence electrons. The molecule has 2 aromatic rings. The number of aromatic nitrogens is 2. The molecule has 0 bridgehead atoms. The van der Waals surface area contributed by atoms with Gasteiger partial charge in [0.1, 0.15) is 0 Å². The number of carboxylic acid groups (broad SMARTS) is 1. The van der Waals surface area contributed by atoms with Crippen LogP contribution >= 0.6 is 15.9 Å². The van der Waals surface area contributed by atoms with Gasteiger partial charge in [0.05, 0.1) is 12.1 Å². The first kappa shape index (κ1) is 12.8. The van der Waals surface area contributed by atoms with Gasteiger partial charge in [-0.2, -0.15) is 5.10 Å². The predicted octanol–water partition coefficient (Wildman–Crippen LogP) is 3.10. The van der Waals surface area contributed by atoms with E-state index in [9.17, 15) is 4.79 Å². The summed E-state index contributed by atoms with van der Waals surface area (Å²) in [6.45, 7) is 1.69. The predicted molar refractivity (Wildman–Crippen MR) is 72.2 cm³/mol. The van der Waals surface area contributed by atoms with E-state index in [4.69, 9.17) is 5.11 Å². The minimum absolute atomic E-state index is 0.437. The summed E-state index contributed by atoms with van der Waals surface area (Å²) in [4.78, 5) is 10.9. The van der Waals surface area contributed by atoms with Gasteiger partial charge in [-0.15, -0.1) is 0 Å². The van der Waals surface area contributed by atoms with E-state index in [0.29, 0.717) is 6.42 Å². The SMILES string of the molecule is CC(Cc1[nH]ncc1-c1ccccc1Br)C(=O)O. The van der Waals surface area contributed by atoms with E-state index >= 15 is 0 Å². The van der Waals surface area contributed by atoms with Crippen LogP contribution in [0.5, 0.6) is 0 Å². The molecule has 0 fully saturated rings. The van der Waals surface area contributed by atoms with Gasteiger partial charge in [0.15, 0.2) is 0 Å². The van der Waals surface area contributed by atoms with Crippen LogP contribution in [0.3, 0.4) is 0 Å². The molecule has 1 heterocycles. The van der Waals surface area contributed by atoms with Gasteiger partial charge in [0.25, 0.3) is 0 Å². The second kappa shape index (κ2) is 5.35. The van der Waals surface area contributed by atoms with Crippen LogP contribution < -0.4 is 0 Å². The second-order valence-corrected chi connectivity index (χ2v) is 5.04. The lowest BCUT2D eigenvalue weighted by molar-refractivity contribution is -0.141. The number of nitrogens with zero attached hydrogens (tertiary/aromatic N) is 1. The monoisotopic (exact) mass is 308 g/mol. The highest BCUT2D eigenvalue weighted by Gasteiger charge is 2.17. The molecule has 4 nitrogen and oxygen atoms in total. The molecule has 1 aromatic heterocycles. The quantitative estimate of drug-likeness (QED) is 0.912. The molecule has 2 N–H and O–H groups in total. The summed E-state index contributed by atoms with van der Waals surface area (Å²) in [6, 6.07) is 7.81. The summed E-state index contributed by atoms with van der Waals surface area (Å²) in [7, 11) is 0. The van der Waals surface area contributed by atoms with Crippen LogP contribution in [0.15, 0.2) is 34.9 Å². The van der Waals surface area contributed by atoms with Crippen molar-refractivity contribution in [2.45, 2.75) is 13.3 Å². The number of carbonyl (C=O) groups is 1. The number of benzene rings is 1. The number of aliphatic carboxylic acids is 1. The Bertz CT molecular complexity index is 566. The fraction of sp³-hybridized carbons (Fsp3) is 0.231. The minimum Gasteiger partial charge on any atom is -0.481 e. The van der Waals surface area contributed by atoms with Crippen molar-refractivity contribution in [3.8, 4) is 11.1 Å². The van der Waals surface area contributed by atoms with Gasteiger partial charge in [-0.3, -0.25) is 9.89 Å². The number of rotatable bonds is 4. The molecule has 5 heteroatoms. The first-order valence-corrected chi connectivity index (χ1v) is 6.39. The molecular formula is C13H13BrN2O2. The normalized spacial score (nSPS) is 12.3. The standard InChI is InChI=1S/C13H13BrN2O2/c1-8(13(17)18)6-12-10(7-15-16-12)9-4-2-3-5-11(9)14/h2-5,7-8H,6H2,1H3,(H,15,16)(H,17,18). The molecular weight excluding hydrogens is 296 g/mol. The van der Waals surface area contributed by atoms with E-state index in [1.165, 1.54) is 0 Å². The molecule has 0 saturated heterocycles. The fourth-order valence-corrected chi connectivity index (χ4v) is 2.27. The van der Waals surface area contributed by atoms with Crippen molar-refractivity contribution in [2.75, 3.05) is 0 Å². The maximum Gasteiger partial charge on any atom is 0.306 e. The van der Waals surface area contributed by atoms with Crippen molar-refractivity contribution in [3.63, 3.8) is 0 Å². The molecule has 0 aliphatic carbocycles. The molecule has 0 aliphatic heterocycles. The second-order valence-electron chi connectivity index (χ2n) is 4.19. The average Bonchev–Trinajstić information content (AvgIpc) is 2.77. The Balaban J connectivity index is 2.34. The van der Waals surface area contributed by atoms with E-state index < -0.39 is 11.9 Å². The van der Waals surface area contributed by atoms with Crippen LogP contribution in [0.1, 0.15) is 12.6 Å². The van der Waals surface area contributed by atoms with Crippen LogP contribution in [0.4, 0.5) is 0 Å². The third-order valence-electron chi connectivity index (χ3n) is 2.81.